The van der Waals surface area contributed by atoms with Crippen LogP contribution in [-0.2, 0) is 11.3 Å². The van der Waals surface area contributed by atoms with E-state index in [4.69, 9.17) is 16.3 Å². The van der Waals surface area contributed by atoms with Crippen molar-refractivity contribution < 1.29 is 13.9 Å². The first-order valence-corrected chi connectivity index (χ1v) is 6.84. The van der Waals surface area contributed by atoms with Crippen molar-refractivity contribution in [1.29, 1.82) is 0 Å². The van der Waals surface area contributed by atoms with E-state index in [0.29, 0.717) is 16.6 Å². The summed E-state index contributed by atoms with van der Waals surface area (Å²) in [6.45, 7) is -0.233. The predicted molar refractivity (Wildman–Crippen MR) is 80.1 cm³/mol. The quantitative estimate of drug-likeness (QED) is 0.690. The molecule has 0 N–H and O–H groups in total. The molecule has 0 saturated carbocycles. The summed E-state index contributed by atoms with van der Waals surface area (Å²) in [6.07, 6.45) is 3.11. The number of ether oxygens (including phenoxy) is 1. The van der Waals surface area contributed by atoms with Gasteiger partial charge in [-0.2, -0.15) is 0 Å². The average molecular weight is 317 g/mol. The number of carbonyl (C=O) groups is 1. The Balaban J connectivity index is 1.79. The van der Waals surface area contributed by atoms with Gasteiger partial charge in [0.2, 0.25) is 0 Å². The number of hydrogen-bond acceptors (Lipinski definition) is 4. The minimum Gasteiger partial charge on any atom is -0.457 e. The first-order chi connectivity index (χ1) is 10.6. The second kappa shape index (κ2) is 6.07. The molecule has 4 nitrogen and oxygen atoms in total. The van der Waals surface area contributed by atoms with Gasteiger partial charge in [-0.1, -0.05) is 17.7 Å². The van der Waals surface area contributed by atoms with Gasteiger partial charge >= 0.3 is 5.97 Å². The van der Waals surface area contributed by atoms with Crippen molar-refractivity contribution >= 4 is 28.6 Å². The third kappa shape index (κ3) is 2.89. The van der Waals surface area contributed by atoms with Gasteiger partial charge < -0.3 is 4.74 Å². The van der Waals surface area contributed by atoms with E-state index in [9.17, 15) is 9.18 Å². The van der Waals surface area contributed by atoms with Gasteiger partial charge in [-0.05, 0) is 30.3 Å². The van der Waals surface area contributed by atoms with Crippen molar-refractivity contribution in [2.45, 2.75) is 6.61 Å². The number of rotatable bonds is 3. The van der Waals surface area contributed by atoms with Gasteiger partial charge in [-0.15, -0.1) is 0 Å². The maximum atomic E-state index is 13.6. The van der Waals surface area contributed by atoms with E-state index in [1.807, 2.05) is 0 Å². The molecule has 0 fully saturated rings. The fourth-order valence-electron chi connectivity index (χ4n) is 1.98. The molecule has 0 amide bonds. The Bertz CT molecular complexity index is 834. The third-order valence-electron chi connectivity index (χ3n) is 3.11. The number of nitrogens with zero attached hydrogens (tertiary/aromatic N) is 2. The summed E-state index contributed by atoms with van der Waals surface area (Å²) >= 11 is 5.89. The van der Waals surface area contributed by atoms with Gasteiger partial charge in [-0.25, -0.2) is 9.18 Å². The van der Waals surface area contributed by atoms with Crippen molar-refractivity contribution in [1.82, 2.24) is 9.97 Å². The minimum absolute atomic E-state index is 0.151. The molecule has 0 saturated heterocycles. The lowest BCUT2D eigenvalue weighted by molar-refractivity contribution is 0.0469. The molecule has 0 aliphatic heterocycles. The van der Waals surface area contributed by atoms with Gasteiger partial charge in [0.15, 0.2) is 0 Å². The molecular weight excluding hydrogens is 307 g/mol. The van der Waals surface area contributed by atoms with Crippen molar-refractivity contribution in [3.63, 3.8) is 0 Å². The summed E-state index contributed by atoms with van der Waals surface area (Å²) in [5, 5.41) is 0.220. The molecule has 0 aliphatic rings. The number of hydrogen-bond donors (Lipinski definition) is 0. The van der Waals surface area contributed by atoms with Gasteiger partial charge in [-0.3, -0.25) is 9.97 Å². The first kappa shape index (κ1) is 14.4. The van der Waals surface area contributed by atoms with Gasteiger partial charge in [0, 0.05) is 18.0 Å². The summed E-state index contributed by atoms with van der Waals surface area (Å²) in [7, 11) is 0. The normalized spacial score (nSPS) is 10.6. The Morgan fingerprint density at radius 2 is 1.91 bits per heavy atom. The van der Waals surface area contributed by atoms with Crippen LogP contribution in [0.4, 0.5) is 4.39 Å². The van der Waals surface area contributed by atoms with Gasteiger partial charge in [0.25, 0.3) is 0 Å². The van der Waals surface area contributed by atoms with Gasteiger partial charge in [0.1, 0.15) is 12.4 Å². The summed E-state index contributed by atoms with van der Waals surface area (Å²) in [5.41, 5.74) is 1.73. The molecule has 3 rings (SSSR count). The lowest BCUT2D eigenvalue weighted by Crippen LogP contribution is -2.07. The van der Waals surface area contributed by atoms with Crippen molar-refractivity contribution in [2.24, 2.45) is 0 Å². The van der Waals surface area contributed by atoms with Crippen LogP contribution in [0.1, 0.15) is 15.9 Å². The van der Waals surface area contributed by atoms with Gasteiger partial charge in [0.05, 0.1) is 21.6 Å². The Labute approximate surface area is 130 Å². The zero-order valence-electron chi connectivity index (χ0n) is 11.3. The number of esters is 1. The van der Waals surface area contributed by atoms with Crippen LogP contribution in [0.5, 0.6) is 0 Å². The number of benzene rings is 2. The number of halogens is 2. The Hall–Kier alpha value is -2.53. The third-order valence-corrected chi connectivity index (χ3v) is 3.47. The molecule has 0 aliphatic carbocycles. The molecule has 1 aromatic heterocycles. The largest absolute Gasteiger partial charge is 0.457 e. The number of carbonyl (C=O) groups excluding carboxylic acids is 1. The van der Waals surface area contributed by atoms with Crippen LogP contribution in [0.25, 0.3) is 11.0 Å². The maximum Gasteiger partial charge on any atom is 0.338 e. The van der Waals surface area contributed by atoms with Crippen LogP contribution in [0.3, 0.4) is 0 Å². The minimum atomic E-state index is -0.577. The highest BCUT2D eigenvalue weighted by molar-refractivity contribution is 6.31. The molecule has 3 aromatic rings. The molecule has 1 heterocycles. The van der Waals surface area contributed by atoms with Crippen LogP contribution >= 0.6 is 11.6 Å². The van der Waals surface area contributed by atoms with Crippen LogP contribution in [-0.4, -0.2) is 15.9 Å². The average Bonchev–Trinajstić information content (AvgIpc) is 2.53. The second-order valence-electron chi connectivity index (χ2n) is 4.54. The Morgan fingerprint density at radius 1 is 1.14 bits per heavy atom. The van der Waals surface area contributed by atoms with Crippen molar-refractivity contribution in [3.8, 4) is 0 Å². The lowest BCUT2D eigenvalue weighted by Gasteiger charge is -2.08. The van der Waals surface area contributed by atoms with E-state index in [2.05, 4.69) is 9.97 Å². The Morgan fingerprint density at radius 3 is 2.68 bits per heavy atom. The molecular formula is C16H10ClFN2O2. The fraction of sp³-hybridized carbons (Fsp3) is 0.0625. The Kier molecular flexibility index (Phi) is 3.98. The smallest absolute Gasteiger partial charge is 0.338 e. The van der Waals surface area contributed by atoms with E-state index >= 15 is 0 Å². The highest BCUT2D eigenvalue weighted by atomic mass is 35.5. The van der Waals surface area contributed by atoms with Crippen LogP contribution in [0.15, 0.2) is 48.8 Å². The summed E-state index contributed by atoms with van der Waals surface area (Å²) < 4.78 is 18.7. The highest BCUT2D eigenvalue weighted by Gasteiger charge is 2.12. The summed E-state index contributed by atoms with van der Waals surface area (Å²) in [5.74, 6) is -1.09. The summed E-state index contributed by atoms with van der Waals surface area (Å²) in [6, 6.07) is 9.13. The maximum absolute atomic E-state index is 13.6. The van der Waals surface area contributed by atoms with Crippen molar-refractivity contribution in [3.05, 3.63) is 70.8 Å². The molecule has 0 spiro atoms. The van der Waals surface area contributed by atoms with E-state index in [1.165, 1.54) is 18.3 Å². The lowest BCUT2D eigenvalue weighted by atomic mass is 10.2. The number of aromatic nitrogens is 2. The molecule has 0 unspecified atom stereocenters. The zero-order valence-corrected chi connectivity index (χ0v) is 12.0. The van der Waals surface area contributed by atoms with E-state index in [1.54, 1.807) is 30.5 Å². The van der Waals surface area contributed by atoms with Crippen LogP contribution in [0, 0.1) is 5.82 Å². The molecule has 0 atom stereocenters. The summed E-state index contributed by atoms with van der Waals surface area (Å²) in [4.78, 5) is 20.3. The topological polar surface area (TPSA) is 52.1 Å². The fourth-order valence-corrected chi connectivity index (χ4v) is 2.20. The molecule has 2 aromatic carbocycles. The van der Waals surface area contributed by atoms with Crippen LogP contribution in [0.2, 0.25) is 5.02 Å². The zero-order chi connectivity index (χ0) is 15.5. The number of fused-ring (bicyclic) bond motifs is 1. The molecule has 0 radical (unpaired) electrons. The molecule has 110 valence electrons. The standard InChI is InChI=1S/C16H10ClFN2O2/c17-12-2-1-3-13(18)11(12)9-22-16(21)10-4-5-14-15(8-10)20-7-6-19-14/h1-8H,9H2. The van der Waals surface area contributed by atoms with Crippen molar-refractivity contribution in [2.75, 3.05) is 0 Å². The first-order valence-electron chi connectivity index (χ1n) is 6.46. The van der Waals surface area contributed by atoms with Crippen LogP contribution < -0.4 is 0 Å². The predicted octanol–water partition coefficient (Wildman–Crippen LogP) is 3.78. The second-order valence-corrected chi connectivity index (χ2v) is 4.94. The molecule has 22 heavy (non-hydrogen) atoms. The molecule has 6 heteroatoms. The van der Waals surface area contributed by atoms with E-state index in [0.717, 1.165) is 0 Å². The highest BCUT2D eigenvalue weighted by Crippen LogP contribution is 2.20. The monoisotopic (exact) mass is 316 g/mol. The SMILES string of the molecule is O=C(OCc1c(F)cccc1Cl)c1ccc2nccnc2c1. The molecule has 0 bridgehead atoms. The van der Waals surface area contributed by atoms with E-state index in [-0.39, 0.29) is 17.2 Å². The van der Waals surface area contributed by atoms with E-state index < -0.39 is 11.8 Å².